The van der Waals surface area contributed by atoms with Crippen molar-refractivity contribution < 1.29 is 26.7 Å². The maximum absolute atomic E-state index is 10.4. The molecule has 0 saturated heterocycles. The fraction of sp³-hybridized carbons (Fsp3) is 0.520. The number of aryl methyl sites for hydroxylation is 1. The highest BCUT2D eigenvalue weighted by Crippen LogP contribution is 2.28. The molecule has 5 nitrogen and oxygen atoms in total. The summed E-state index contributed by atoms with van der Waals surface area (Å²) < 4.78 is 6.94. The molecule has 0 unspecified atom stereocenters. The maximum Gasteiger partial charge on any atom is 0.183 e. The van der Waals surface area contributed by atoms with Crippen LogP contribution in [0.2, 0.25) is 0 Å². The highest BCUT2D eigenvalue weighted by atomic mass is 35.5. The Kier molecular flexibility index (Phi) is 9.94. The number of phenolic OH excluding ortho intramolecular Hbond substituents is 1. The van der Waals surface area contributed by atoms with Crippen molar-refractivity contribution >= 4 is 11.4 Å². The van der Waals surface area contributed by atoms with E-state index in [0.717, 1.165) is 16.9 Å². The van der Waals surface area contributed by atoms with Crippen LogP contribution in [-0.2, 0) is 11.3 Å². The molecular weight excluding hydrogens is 410 g/mol. The molecule has 0 aliphatic heterocycles. The Morgan fingerprint density at radius 2 is 1.48 bits per heavy atom. The van der Waals surface area contributed by atoms with E-state index >= 15 is 0 Å². The second-order valence-corrected chi connectivity index (χ2v) is 9.21. The number of quaternary nitrogens is 1. The Hall–Kier alpha value is -1.95. The molecule has 1 saturated carbocycles. The fourth-order valence-corrected chi connectivity index (χ4v) is 3.89. The van der Waals surface area contributed by atoms with Crippen LogP contribution in [0, 0.1) is 6.92 Å². The van der Waals surface area contributed by atoms with Crippen LogP contribution in [0.3, 0.4) is 0 Å². The first-order chi connectivity index (χ1) is 14.4. The zero-order chi connectivity index (χ0) is 21.4. The van der Waals surface area contributed by atoms with E-state index in [1.54, 1.807) is 12.1 Å². The van der Waals surface area contributed by atoms with E-state index in [4.69, 9.17) is 4.74 Å². The quantitative estimate of drug-likeness (QED) is 0.400. The van der Waals surface area contributed by atoms with Crippen molar-refractivity contribution in [1.29, 1.82) is 0 Å². The van der Waals surface area contributed by atoms with Gasteiger partial charge in [0.05, 0.1) is 37.1 Å². The molecule has 2 aromatic carbocycles. The standard InChI is InChI=1S/C25H35N3O2.ClH/c1-20-11-13-22(14-12-20)26-27-23-15-16-25(29)21(17-23)18-28(2,3)19-30-24-9-7-5-4-6-8-10-24;/h11-17,24H,4-10,18-19H2,1-3H3;1H. The van der Waals surface area contributed by atoms with E-state index in [0.29, 0.717) is 29.6 Å². The molecule has 1 aliphatic rings. The lowest BCUT2D eigenvalue weighted by Gasteiger charge is -2.32. The zero-order valence-electron chi connectivity index (χ0n) is 19.1. The number of hydrogen-bond donors (Lipinski definition) is 1. The lowest BCUT2D eigenvalue weighted by molar-refractivity contribution is -0.923. The van der Waals surface area contributed by atoms with Crippen molar-refractivity contribution in [3.05, 3.63) is 53.6 Å². The predicted molar refractivity (Wildman–Crippen MR) is 121 cm³/mol. The summed E-state index contributed by atoms with van der Waals surface area (Å²) in [5, 5.41) is 19.0. The number of ether oxygens (including phenoxy) is 1. The molecule has 2 aromatic rings. The van der Waals surface area contributed by atoms with Crippen molar-refractivity contribution in [2.24, 2.45) is 10.2 Å². The molecule has 0 amide bonds. The minimum atomic E-state index is 0. The lowest BCUT2D eigenvalue weighted by Crippen LogP contribution is -3.00. The van der Waals surface area contributed by atoms with E-state index in [2.05, 4.69) is 24.3 Å². The second-order valence-electron chi connectivity index (χ2n) is 9.21. The van der Waals surface area contributed by atoms with Gasteiger partial charge in [-0.2, -0.15) is 10.2 Å². The smallest absolute Gasteiger partial charge is 0.183 e. The van der Waals surface area contributed by atoms with Crippen molar-refractivity contribution in [2.45, 2.75) is 64.5 Å². The summed E-state index contributed by atoms with van der Waals surface area (Å²) >= 11 is 0. The van der Waals surface area contributed by atoms with Gasteiger partial charge in [-0.25, -0.2) is 0 Å². The van der Waals surface area contributed by atoms with Gasteiger partial charge >= 0.3 is 0 Å². The summed E-state index contributed by atoms with van der Waals surface area (Å²) in [6.45, 7) is 3.36. The Morgan fingerprint density at radius 1 is 0.903 bits per heavy atom. The third-order valence-electron chi connectivity index (χ3n) is 5.69. The van der Waals surface area contributed by atoms with Gasteiger partial charge in [0.25, 0.3) is 0 Å². The lowest BCUT2D eigenvalue weighted by atomic mass is 9.99. The van der Waals surface area contributed by atoms with Crippen LogP contribution >= 0.6 is 0 Å². The number of rotatable bonds is 7. The summed E-state index contributed by atoms with van der Waals surface area (Å²) in [7, 11) is 4.28. The Morgan fingerprint density at radius 3 is 2.16 bits per heavy atom. The monoisotopic (exact) mass is 445 g/mol. The van der Waals surface area contributed by atoms with Gasteiger partial charge in [-0.15, -0.1) is 0 Å². The number of aromatic hydroxyl groups is 1. The third kappa shape index (κ3) is 8.60. The molecule has 1 aliphatic carbocycles. The molecule has 3 rings (SSSR count). The largest absolute Gasteiger partial charge is 1.00 e. The minimum absolute atomic E-state index is 0. The topological polar surface area (TPSA) is 54.2 Å². The Balaban J connectivity index is 0.00000341. The van der Waals surface area contributed by atoms with E-state index in [9.17, 15) is 5.11 Å². The van der Waals surface area contributed by atoms with Gasteiger partial charge in [0.2, 0.25) is 0 Å². The van der Waals surface area contributed by atoms with Gasteiger partial charge in [-0.05, 0) is 50.1 Å². The van der Waals surface area contributed by atoms with Crippen LogP contribution in [0.4, 0.5) is 11.4 Å². The highest BCUT2D eigenvalue weighted by Gasteiger charge is 2.22. The first-order valence-corrected chi connectivity index (χ1v) is 11.2. The predicted octanol–water partition coefficient (Wildman–Crippen LogP) is 3.78. The van der Waals surface area contributed by atoms with Crippen molar-refractivity contribution in [1.82, 2.24) is 0 Å². The molecule has 0 bridgehead atoms. The average molecular weight is 446 g/mol. The summed E-state index contributed by atoms with van der Waals surface area (Å²) in [6, 6.07) is 13.4. The van der Waals surface area contributed by atoms with Crippen molar-refractivity contribution in [3.63, 3.8) is 0 Å². The van der Waals surface area contributed by atoms with E-state index in [-0.39, 0.29) is 12.4 Å². The van der Waals surface area contributed by atoms with Gasteiger partial charge in [-0.3, -0.25) is 0 Å². The van der Waals surface area contributed by atoms with E-state index in [1.165, 1.54) is 50.5 Å². The highest BCUT2D eigenvalue weighted by molar-refractivity contribution is 5.47. The first-order valence-electron chi connectivity index (χ1n) is 11.2. The van der Waals surface area contributed by atoms with Gasteiger partial charge in [0.1, 0.15) is 12.3 Å². The summed E-state index contributed by atoms with van der Waals surface area (Å²) in [5.41, 5.74) is 3.62. The SMILES string of the molecule is Cc1ccc(N=Nc2ccc(O)c(C[N+](C)(C)COC3CCCCCCC3)c2)cc1.[Cl-]. The van der Waals surface area contributed by atoms with E-state index < -0.39 is 0 Å². The molecule has 0 heterocycles. The third-order valence-corrected chi connectivity index (χ3v) is 5.69. The van der Waals surface area contributed by atoms with Gasteiger partial charge in [0.15, 0.2) is 6.73 Å². The maximum atomic E-state index is 10.4. The van der Waals surface area contributed by atoms with Crippen LogP contribution in [0.1, 0.15) is 56.1 Å². The molecule has 6 heteroatoms. The van der Waals surface area contributed by atoms with Crippen molar-refractivity contribution in [2.75, 3.05) is 20.8 Å². The number of phenols is 1. The Labute approximate surface area is 193 Å². The zero-order valence-corrected chi connectivity index (χ0v) is 19.8. The molecule has 0 atom stereocenters. The molecule has 1 N–H and O–H groups in total. The number of benzene rings is 2. The van der Waals surface area contributed by atoms with Gasteiger partial charge in [0, 0.05) is 0 Å². The van der Waals surface area contributed by atoms with Crippen LogP contribution in [0.5, 0.6) is 5.75 Å². The normalized spacial score (nSPS) is 16.0. The Bertz CT molecular complexity index is 829. The number of nitrogens with zero attached hydrogens (tertiary/aromatic N) is 3. The number of halogens is 1. The fourth-order valence-electron chi connectivity index (χ4n) is 3.89. The second kappa shape index (κ2) is 12.2. The summed E-state index contributed by atoms with van der Waals surface area (Å²) in [4.78, 5) is 0. The van der Waals surface area contributed by atoms with Crippen LogP contribution < -0.4 is 12.4 Å². The molecular formula is C25H36ClN3O2. The van der Waals surface area contributed by atoms with Crippen LogP contribution in [0.15, 0.2) is 52.7 Å². The first kappa shape index (κ1) is 25.3. The van der Waals surface area contributed by atoms with Gasteiger partial charge in [-0.1, -0.05) is 49.8 Å². The molecule has 31 heavy (non-hydrogen) atoms. The number of azo groups is 1. The molecule has 170 valence electrons. The molecule has 1 fully saturated rings. The molecule has 0 aromatic heterocycles. The van der Waals surface area contributed by atoms with Crippen molar-refractivity contribution in [3.8, 4) is 5.75 Å². The van der Waals surface area contributed by atoms with E-state index in [1.807, 2.05) is 37.3 Å². The number of hydrogen-bond acceptors (Lipinski definition) is 4. The molecule has 0 spiro atoms. The van der Waals surface area contributed by atoms with Gasteiger partial charge < -0.3 is 26.7 Å². The average Bonchev–Trinajstić information content (AvgIpc) is 2.69. The summed E-state index contributed by atoms with van der Waals surface area (Å²) in [6.07, 6.45) is 9.27. The molecule has 0 radical (unpaired) electrons. The van der Waals surface area contributed by atoms with Crippen LogP contribution in [0.25, 0.3) is 0 Å². The van der Waals surface area contributed by atoms with Crippen LogP contribution in [-0.4, -0.2) is 36.5 Å². The minimum Gasteiger partial charge on any atom is -1.00 e. The summed E-state index contributed by atoms with van der Waals surface area (Å²) in [5.74, 6) is 0.293.